The van der Waals surface area contributed by atoms with Crippen LogP contribution >= 0.6 is 23.8 Å². The highest BCUT2D eigenvalue weighted by Crippen LogP contribution is 2.26. The van der Waals surface area contributed by atoms with Crippen molar-refractivity contribution in [3.8, 4) is 5.69 Å². The number of hydrogen-bond donors (Lipinski definition) is 1. The Hall–Kier alpha value is -1.58. The van der Waals surface area contributed by atoms with Gasteiger partial charge in [0.15, 0.2) is 4.77 Å². The van der Waals surface area contributed by atoms with Crippen LogP contribution in [0, 0.1) is 11.7 Å². The van der Waals surface area contributed by atoms with Gasteiger partial charge in [0.2, 0.25) is 0 Å². The third-order valence-electron chi connectivity index (χ3n) is 3.00. The molecule has 2 nitrogen and oxygen atoms in total. The molecule has 1 N–H and O–H groups in total. The summed E-state index contributed by atoms with van der Waals surface area (Å²) in [7, 11) is 0. The van der Waals surface area contributed by atoms with E-state index in [2.05, 4.69) is 18.0 Å². The van der Waals surface area contributed by atoms with Crippen LogP contribution in [0.25, 0.3) is 16.7 Å². The SMILES string of the molecule is Cc1cccc2[nH]c(=S)n(-c3ccccc3Cl)c12. The average molecular weight is 275 g/mol. The Morgan fingerprint density at radius 3 is 2.67 bits per heavy atom. The summed E-state index contributed by atoms with van der Waals surface area (Å²) in [5, 5.41) is 0.692. The molecular formula is C14H11ClN2S. The lowest BCUT2D eigenvalue weighted by Crippen LogP contribution is -1.96. The third kappa shape index (κ3) is 1.67. The number of hydrogen-bond acceptors (Lipinski definition) is 1. The number of imidazole rings is 1. The molecule has 0 atom stereocenters. The Kier molecular flexibility index (Phi) is 2.73. The highest BCUT2D eigenvalue weighted by Gasteiger charge is 2.10. The topological polar surface area (TPSA) is 20.7 Å². The van der Waals surface area contributed by atoms with Crippen LogP contribution in [0.3, 0.4) is 0 Å². The summed E-state index contributed by atoms with van der Waals surface area (Å²) in [6.45, 7) is 2.07. The van der Waals surface area contributed by atoms with Gasteiger partial charge in [0.05, 0.1) is 21.7 Å². The van der Waals surface area contributed by atoms with Crippen molar-refractivity contribution in [1.29, 1.82) is 0 Å². The van der Waals surface area contributed by atoms with E-state index < -0.39 is 0 Å². The Morgan fingerprint density at radius 1 is 1.11 bits per heavy atom. The number of rotatable bonds is 1. The third-order valence-corrected chi connectivity index (χ3v) is 3.60. The van der Waals surface area contributed by atoms with E-state index in [0.717, 1.165) is 16.7 Å². The summed E-state index contributed by atoms with van der Waals surface area (Å²) in [5.74, 6) is 0. The normalized spacial score (nSPS) is 11.0. The van der Waals surface area contributed by atoms with Gasteiger partial charge in [-0.1, -0.05) is 35.9 Å². The first kappa shape index (κ1) is 11.5. The maximum atomic E-state index is 6.26. The molecule has 1 aromatic heterocycles. The fourth-order valence-corrected chi connectivity index (χ4v) is 2.71. The van der Waals surface area contributed by atoms with Crippen molar-refractivity contribution >= 4 is 34.9 Å². The predicted octanol–water partition coefficient (Wildman–Crippen LogP) is 4.65. The van der Waals surface area contributed by atoms with Crippen molar-refractivity contribution in [2.45, 2.75) is 6.92 Å². The van der Waals surface area contributed by atoms with E-state index in [0.29, 0.717) is 9.79 Å². The number of benzene rings is 2. The van der Waals surface area contributed by atoms with Gasteiger partial charge in [0.25, 0.3) is 0 Å². The first-order valence-corrected chi connectivity index (χ1v) is 6.42. The Balaban J connectivity index is 2.47. The van der Waals surface area contributed by atoms with Gasteiger partial charge in [-0.2, -0.15) is 0 Å². The number of nitrogens with zero attached hydrogens (tertiary/aromatic N) is 1. The second-order valence-electron chi connectivity index (χ2n) is 4.19. The highest BCUT2D eigenvalue weighted by atomic mass is 35.5. The minimum atomic E-state index is 0.660. The van der Waals surface area contributed by atoms with Gasteiger partial charge < -0.3 is 4.98 Å². The number of halogens is 1. The van der Waals surface area contributed by atoms with E-state index in [1.165, 1.54) is 5.56 Å². The number of fused-ring (bicyclic) bond motifs is 1. The summed E-state index contributed by atoms with van der Waals surface area (Å²) in [6.07, 6.45) is 0. The molecule has 0 aliphatic carbocycles. The number of H-pyrrole nitrogens is 1. The van der Waals surface area contributed by atoms with Gasteiger partial charge in [0, 0.05) is 0 Å². The van der Waals surface area contributed by atoms with Crippen LogP contribution < -0.4 is 0 Å². The van der Waals surface area contributed by atoms with Gasteiger partial charge in [-0.3, -0.25) is 4.57 Å². The van der Waals surface area contributed by atoms with Crippen LogP contribution in [0.1, 0.15) is 5.56 Å². The molecule has 0 aliphatic heterocycles. The summed E-state index contributed by atoms with van der Waals surface area (Å²) in [5.41, 5.74) is 4.18. The van der Waals surface area contributed by atoms with E-state index in [1.807, 2.05) is 41.0 Å². The maximum absolute atomic E-state index is 6.26. The van der Waals surface area contributed by atoms with Crippen molar-refractivity contribution in [3.63, 3.8) is 0 Å². The molecule has 2 aromatic carbocycles. The van der Waals surface area contributed by atoms with Crippen LogP contribution in [0.15, 0.2) is 42.5 Å². The van der Waals surface area contributed by atoms with Crippen molar-refractivity contribution in [2.75, 3.05) is 0 Å². The number of aromatic amines is 1. The second kappa shape index (κ2) is 4.26. The van der Waals surface area contributed by atoms with Gasteiger partial charge in [-0.25, -0.2) is 0 Å². The van der Waals surface area contributed by atoms with Crippen LogP contribution in [0.4, 0.5) is 0 Å². The zero-order valence-electron chi connectivity index (χ0n) is 9.77. The quantitative estimate of drug-likeness (QED) is 0.641. The highest BCUT2D eigenvalue weighted by molar-refractivity contribution is 7.71. The Labute approximate surface area is 115 Å². The van der Waals surface area contributed by atoms with Crippen LogP contribution in [-0.2, 0) is 0 Å². The van der Waals surface area contributed by atoms with Crippen molar-refractivity contribution in [3.05, 3.63) is 57.8 Å². The zero-order valence-corrected chi connectivity index (χ0v) is 11.3. The Morgan fingerprint density at radius 2 is 1.89 bits per heavy atom. The molecule has 0 radical (unpaired) electrons. The minimum Gasteiger partial charge on any atom is -0.330 e. The summed E-state index contributed by atoms with van der Waals surface area (Å²) < 4.78 is 2.65. The molecule has 0 fully saturated rings. The molecule has 0 aliphatic rings. The van der Waals surface area contributed by atoms with Crippen LogP contribution in [-0.4, -0.2) is 9.55 Å². The molecule has 90 valence electrons. The molecule has 18 heavy (non-hydrogen) atoms. The first-order chi connectivity index (χ1) is 8.68. The second-order valence-corrected chi connectivity index (χ2v) is 4.98. The minimum absolute atomic E-state index is 0.660. The molecule has 3 aromatic rings. The molecule has 0 amide bonds. The van der Waals surface area contributed by atoms with Crippen molar-refractivity contribution in [1.82, 2.24) is 9.55 Å². The molecule has 0 bridgehead atoms. The molecule has 0 spiro atoms. The van der Waals surface area contributed by atoms with E-state index in [9.17, 15) is 0 Å². The van der Waals surface area contributed by atoms with Gasteiger partial charge in [0.1, 0.15) is 0 Å². The summed E-state index contributed by atoms with van der Waals surface area (Å²) in [4.78, 5) is 3.21. The lowest BCUT2D eigenvalue weighted by atomic mass is 10.2. The largest absolute Gasteiger partial charge is 0.330 e. The standard InChI is InChI=1S/C14H11ClN2S/c1-9-5-4-7-11-13(9)17(14(18)16-11)12-8-3-2-6-10(12)15/h2-8H,1H3,(H,16,18). The number of aromatic nitrogens is 2. The lowest BCUT2D eigenvalue weighted by Gasteiger charge is -2.08. The number of aryl methyl sites for hydroxylation is 1. The first-order valence-electron chi connectivity index (χ1n) is 5.64. The van der Waals surface area contributed by atoms with Gasteiger partial charge >= 0.3 is 0 Å². The number of nitrogens with one attached hydrogen (secondary N) is 1. The molecule has 1 heterocycles. The smallest absolute Gasteiger partial charge is 0.182 e. The summed E-state index contributed by atoms with van der Waals surface area (Å²) >= 11 is 11.7. The fourth-order valence-electron chi connectivity index (χ4n) is 2.19. The maximum Gasteiger partial charge on any atom is 0.182 e. The summed E-state index contributed by atoms with van der Waals surface area (Å²) in [6, 6.07) is 13.8. The zero-order chi connectivity index (χ0) is 12.7. The van der Waals surface area contributed by atoms with Gasteiger partial charge in [-0.05, 0) is 42.9 Å². The van der Waals surface area contributed by atoms with Gasteiger partial charge in [-0.15, -0.1) is 0 Å². The average Bonchev–Trinajstić information content (AvgIpc) is 2.68. The van der Waals surface area contributed by atoms with E-state index in [4.69, 9.17) is 23.8 Å². The van der Waals surface area contributed by atoms with Crippen molar-refractivity contribution < 1.29 is 0 Å². The van der Waals surface area contributed by atoms with E-state index >= 15 is 0 Å². The molecule has 4 heteroatoms. The molecule has 0 saturated heterocycles. The van der Waals surface area contributed by atoms with Crippen LogP contribution in [0.5, 0.6) is 0 Å². The molecule has 3 rings (SSSR count). The van der Waals surface area contributed by atoms with Crippen molar-refractivity contribution in [2.24, 2.45) is 0 Å². The monoisotopic (exact) mass is 274 g/mol. The molecule has 0 saturated carbocycles. The fraction of sp³-hybridized carbons (Fsp3) is 0.0714. The molecular weight excluding hydrogens is 264 g/mol. The Bertz CT molecular complexity index is 786. The van der Waals surface area contributed by atoms with E-state index in [1.54, 1.807) is 0 Å². The van der Waals surface area contributed by atoms with E-state index in [-0.39, 0.29) is 0 Å². The number of para-hydroxylation sites is 2. The van der Waals surface area contributed by atoms with Crippen LogP contribution in [0.2, 0.25) is 5.02 Å². The predicted molar refractivity (Wildman–Crippen MR) is 78.2 cm³/mol. The molecule has 0 unspecified atom stereocenters. The lowest BCUT2D eigenvalue weighted by molar-refractivity contribution is 1.06.